The molecule has 2 atom stereocenters. The first-order valence-electron chi connectivity index (χ1n) is 9.98. The van der Waals surface area contributed by atoms with Gasteiger partial charge in [0.05, 0.1) is 11.6 Å². The molecule has 1 aromatic heterocycles. The molecule has 3 fully saturated rings. The van der Waals surface area contributed by atoms with Crippen LogP contribution < -0.4 is 0 Å². The van der Waals surface area contributed by atoms with Crippen LogP contribution in [0.5, 0.6) is 0 Å². The van der Waals surface area contributed by atoms with Gasteiger partial charge in [-0.05, 0) is 30.5 Å². The van der Waals surface area contributed by atoms with Crippen LogP contribution in [0, 0.1) is 11.6 Å². The van der Waals surface area contributed by atoms with Crippen molar-refractivity contribution in [1.82, 2.24) is 19.8 Å². The van der Waals surface area contributed by atoms with Crippen molar-refractivity contribution in [3.05, 3.63) is 59.7 Å². The zero-order chi connectivity index (χ0) is 20.9. The van der Waals surface area contributed by atoms with Gasteiger partial charge in [0.1, 0.15) is 24.2 Å². The molecule has 3 aliphatic heterocycles. The second kappa shape index (κ2) is 7.09. The van der Waals surface area contributed by atoms with Crippen LogP contribution in [-0.2, 0) is 9.53 Å². The van der Waals surface area contributed by atoms with Crippen LogP contribution in [0.15, 0.2) is 36.9 Å². The fraction of sp³-hybridized carbons (Fsp3) is 0.429. The molecule has 9 heteroatoms. The predicted molar refractivity (Wildman–Crippen MR) is 100.0 cm³/mol. The van der Waals surface area contributed by atoms with E-state index in [1.807, 2.05) is 0 Å². The zero-order valence-corrected chi connectivity index (χ0v) is 16.1. The molecule has 0 radical (unpaired) electrons. The average Bonchev–Trinajstić information content (AvgIpc) is 3.26. The summed E-state index contributed by atoms with van der Waals surface area (Å²) < 4.78 is 33.6. The van der Waals surface area contributed by atoms with Gasteiger partial charge in [-0.2, -0.15) is 0 Å². The summed E-state index contributed by atoms with van der Waals surface area (Å²) in [6.45, 7) is 0.749. The number of amides is 2. The number of likely N-dealkylation sites (tertiary alicyclic amines) is 1. The monoisotopic (exact) mass is 414 g/mol. The van der Waals surface area contributed by atoms with E-state index in [1.54, 1.807) is 9.80 Å². The van der Waals surface area contributed by atoms with Crippen LogP contribution in [0.2, 0.25) is 0 Å². The number of halogens is 2. The van der Waals surface area contributed by atoms with Gasteiger partial charge in [-0.1, -0.05) is 0 Å². The van der Waals surface area contributed by atoms with Gasteiger partial charge in [0.15, 0.2) is 5.60 Å². The van der Waals surface area contributed by atoms with Gasteiger partial charge >= 0.3 is 0 Å². The van der Waals surface area contributed by atoms with Crippen molar-refractivity contribution in [3.63, 3.8) is 0 Å². The molecule has 0 N–H and O–H groups in total. The Morgan fingerprint density at radius 2 is 1.73 bits per heavy atom. The number of rotatable bonds is 2. The van der Waals surface area contributed by atoms with E-state index >= 15 is 0 Å². The number of nitrogens with zero attached hydrogens (tertiary/aromatic N) is 4. The standard InChI is InChI=1S/C21H20F2N4O3/c22-15-7-13(8-16(23)9-15)17-1-2-18-27(17)20(29)21(30-18)3-5-26(6-4-21)19(28)14-10-24-12-25-11-14/h7-12,17-18H,1-6H2/t17-,18?/m0/s1. The van der Waals surface area contributed by atoms with Crippen molar-refractivity contribution < 1.29 is 23.1 Å². The van der Waals surface area contributed by atoms with E-state index in [0.717, 1.165) is 6.07 Å². The Bertz CT molecular complexity index is 975. The number of carbonyl (C=O) groups is 2. The van der Waals surface area contributed by atoms with Crippen molar-refractivity contribution in [2.45, 2.75) is 43.6 Å². The number of aromatic nitrogens is 2. The van der Waals surface area contributed by atoms with Gasteiger partial charge in [0.2, 0.25) is 0 Å². The minimum atomic E-state index is -0.987. The lowest BCUT2D eigenvalue weighted by atomic mass is 9.89. The Hall–Kier alpha value is -2.94. The van der Waals surface area contributed by atoms with Crippen molar-refractivity contribution in [1.29, 1.82) is 0 Å². The minimum absolute atomic E-state index is 0.158. The molecule has 0 bridgehead atoms. The van der Waals surface area contributed by atoms with E-state index in [1.165, 1.54) is 30.9 Å². The summed E-state index contributed by atoms with van der Waals surface area (Å²) in [5, 5.41) is 0. The number of hydrogen-bond donors (Lipinski definition) is 0. The third kappa shape index (κ3) is 3.04. The highest BCUT2D eigenvalue weighted by atomic mass is 19.1. The summed E-state index contributed by atoms with van der Waals surface area (Å²) in [6, 6.07) is 2.97. The number of benzene rings is 1. The number of fused-ring (bicyclic) bond motifs is 1. The van der Waals surface area contributed by atoms with Crippen molar-refractivity contribution in [2.24, 2.45) is 0 Å². The molecule has 3 aliphatic rings. The molecule has 30 heavy (non-hydrogen) atoms. The Kier molecular flexibility index (Phi) is 4.50. The highest BCUT2D eigenvalue weighted by Gasteiger charge is 2.58. The third-order valence-corrected chi connectivity index (χ3v) is 6.25. The summed E-state index contributed by atoms with van der Waals surface area (Å²) >= 11 is 0. The molecule has 1 aromatic carbocycles. The predicted octanol–water partition coefficient (Wildman–Crippen LogP) is 2.45. The maximum absolute atomic E-state index is 13.7. The second-order valence-electron chi connectivity index (χ2n) is 7.99. The average molecular weight is 414 g/mol. The first kappa shape index (κ1) is 19.0. The molecule has 2 amide bonds. The summed E-state index contributed by atoms with van der Waals surface area (Å²) in [6.07, 6.45) is 5.85. The first-order valence-corrected chi connectivity index (χ1v) is 9.98. The lowest BCUT2D eigenvalue weighted by Crippen LogP contribution is -2.51. The van der Waals surface area contributed by atoms with Crippen LogP contribution in [-0.4, -0.2) is 56.5 Å². The lowest BCUT2D eigenvalue weighted by Gasteiger charge is -2.37. The fourth-order valence-corrected chi connectivity index (χ4v) is 4.80. The fourth-order valence-electron chi connectivity index (χ4n) is 4.80. The smallest absolute Gasteiger partial charge is 0.257 e. The van der Waals surface area contributed by atoms with Crippen LogP contribution in [0.1, 0.15) is 47.6 Å². The summed E-state index contributed by atoms with van der Waals surface area (Å²) in [5.41, 5.74) is -0.138. The molecule has 0 saturated carbocycles. The van der Waals surface area contributed by atoms with Gasteiger partial charge < -0.3 is 14.5 Å². The number of piperidine rings is 1. The molecule has 2 aromatic rings. The lowest BCUT2D eigenvalue weighted by molar-refractivity contribution is -0.142. The van der Waals surface area contributed by atoms with Crippen molar-refractivity contribution in [3.8, 4) is 0 Å². The molecule has 3 saturated heterocycles. The maximum atomic E-state index is 13.7. The number of hydrogen-bond acceptors (Lipinski definition) is 5. The van der Waals surface area contributed by atoms with E-state index in [4.69, 9.17) is 4.74 Å². The van der Waals surface area contributed by atoms with E-state index in [9.17, 15) is 18.4 Å². The quantitative estimate of drug-likeness (QED) is 0.755. The van der Waals surface area contributed by atoms with Crippen molar-refractivity contribution >= 4 is 11.8 Å². The zero-order valence-electron chi connectivity index (χ0n) is 16.1. The SMILES string of the molecule is O=C(c1cncnc1)N1CCC2(CC1)OC1CC[C@@H](c3cc(F)cc(F)c3)N1C2=O. The number of carbonyl (C=O) groups excluding carboxylic acids is 2. The highest BCUT2D eigenvalue weighted by molar-refractivity contribution is 5.94. The molecule has 4 heterocycles. The molecule has 5 rings (SSSR count). The Balaban J connectivity index is 1.32. The molecular formula is C21H20F2N4O3. The molecular weight excluding hydrogens is 394 g/mol. The van der Waals surface area contributed by atoms with Gasteiger partial charge in [-0.25, -0.2) is 18.7 Å². The Morgan fingerprint density at radius 3 is 2.40 bits per heavy atom. The largest absolute Gasteiger partial charge is 0.342 e. The molecule has 1 unspecified atom stereocenters. The normalized spacial score (nSPS) is 25.1. The summed E-state index contributed by atoms with van der Waals surface area (Å²) in [5.74, 6) is -1.65. The molecule has 156 valence electrons. The van der Waals surface area contributed by atoms with Crippen LogP contribution in [0.3, 0.4) is 0 Å². The third-order valence-electron chi connectivity index (χ3n) is 6.25. The van der Waals surface area contributed by atoms with E-state index < -0.39 is 29.5 Å². The highest BCUT2D eigenvalue weighted by Crippen LogP contribution is 2.47. The van der Waals surface area contributed by atoms with Crippen LogP contribution >= 0.6 is 0 Å². The number of ether oxygens (including phenoxy) is 1. The Morgan fingerprint density at radius 1 is 1.07 bits per heavy atom. The van der Waals surface area contributed by atoms with Gasteiger partial charge in [-0.3, -0.25) is 9.59 Å². The van der Waals surface area contributed by atoms with E-state index in [2.05, 4.69) is 9.97 Å². The Labute approximate surface area is 171 Å². The first-order chi connectivity index (χ1) is 14.5. The van der Waals surface area contributed by atoms with Crippen molar-refractivity contribution in [2.75, 3.05) is 13.1 Å². The second-order valence-corrected chi connectivity index (χ2v) is 7.99. The van der Waals surface area contributed by atoms with Crippen LogP contribution in [0.25, 0.3) is 0 Å². The van der Waals surface area contributed by atoms with E-state index in [0.29, 0.717) is 49.9 Å². The minimum Gasteiger partial charge on any atom is -0.342 e. The summed E-state index contributed by atoms with van der Waals surface area (Å²) in [7, 11) is 0. The van der Waals surface area contributed by atoms with Gasteiger partial charge in [0.25, 0.3) is 11.8 Å². The topological polar surface area (TPSA) is 75.6 Å². The van der Waals surface area contributed by atoms with E-state index in [-0.39, 0.29) is 11.8 Å². The maximum Gasteiger partial charge on any atom is 0.257 e. The molecule has 7 nitrogen and oxygen atoms in total. The summed E-state index contributed by atoms with van der Waals surface area (Å²) in [4.78, 5) is 37.0. The van der Waals surface area contributed by atoms with Crippen LogP contribution in [0.4, 0.5) is 8.78 Å². The van der Waals surface area contributed by atoms with Gasteiger partial charge in [-0.15, -0.1) is 0 Å². The van der Waals surface area contributed by atoms with Gasteiger partial charge in [0, 0.05) is 44.4 Å². The molecule has 1 spiro atoms. The molecule has 0 aliphatic carbocycles.